The first kappa shape index (κ1) is 21.8. The summed E-state index contributed by atoms with van der Waals surface area (Å²) in [4.78, 5) is 17.0. The van der Waals surface area contributed by atoms with Gasteiger partial charge in [0.2, 0.25) is 21.1 Å². The largest absolute Gasteiger partial charge is 0.325 e. The van der Waals surface area contributed by atoms with Gasteiger partial charge in [0.25, 0.3) is 0 Å². The van der Waals surface area contributed by atoms with Gasteiger partial charge in [0.1, 0.15) is 5.82 Å². The molecule has 158 valence electrons. The number of nitrogens with zero attached hydrogens (tertiary/aromatic N) is 3. The number of carbonyl (C=O) groups is 1. The summed E-state index contributed by atoms with van der Waals surface area (Å²) in [5.74, 6) is 1.46. The predicted octanol–water partition coefficient (Wildman–Crippen LogP) is 2.83. The van der Waals surface area contributed by atoms with E-state index in [2.05, 4.69) is 20.5 Å². The molecule has 1 fully saturated rings. The number of anilines is 1. The SMILES string of the molecule is Cc1ccc(S(=O)(=O)N(C)C)cc1NC(=O)CSc1n[nH]c(CC2CCCC2)n1. The molecule has 1 aliphatic carbocycles. The van der Waals surface area contributed by atoms with Crippen molar-refractivity contribution in [3.8, 4) is 0 Å². The summed E-state index contributed by atoms with van der Waals surface area (Å²) in [6, 6.07) is 4.71. The monoisotopic (exact) mass is 437 g/mol. The van der Waals surface area contributed by atoms with Crippen molar-refractivity contribution < 1.29 is 13.2 Å². The van der Waals surface area contributed by atoms with Gasteiger partial charge in [0.05, 0.1) is 10.6 Å². The molecule has 0 saturated heterocycles. The highest BCUT2D eigenvalue weighted by molar-refractivity contribution is 7.99. The van der Waals surface area contributed by atoms with Gasteiger partial charge in [-0.2, -0.15) is 0 Å². The summed E-state index contributed by atoms with van der Waals surface area (Å²) >= 11 is 1.26. The van der Waals surface area contributed by atoms with Gasteiger partial charge in [-0.25, -0.2) is 17.7 Å². The second-order valence-corrected chi connectivity index (χ2v) is 10.6. The van der Waals surface area contributed by atoms with Crippen LogP contribution in [0.5, 0.6) is 0 Å². The van der Waals surface area contributed by atoms with E-state index in [-0.39, 0.29) is 16.6 Å². The van der Waals surface area contributed by atoms with E-state index >= 15 is 0 Å². The topological polar surface area (TPSA) is 108 Å². The molecule has 0 unspecified atom stereocenters. The lowest BCUT2D eigenvalue weighted by atomic mass is 10.0. The van der Waals surface area contributed by atoms with Crippen LogP contribution in [0.1, 0.15) is 37.1 Å². The van der Waals surface area contributed by atoms with Crippen molar-refractivity contribution >= 4 is 33.4 Å². The molecular weight excluding hydrogens is 410 g/mol. The first-order valence-electron chi connectivity index (χ1n) is 9.63. The second kappa shape index (κ2) is 9.27. The molecule has 1 aliphatic rings. The Morgan fingerprint density at radius 3 is 2.72 bits per heavy atom. The Bertz CT molecular complexity index is 966. The van der Waals surface area contributed by atoms with Crippen molar-refractivity contribution in [1.82, 2.24) is 19.5 Å². The molecular formula is C19H27N5O3S2. The van der Waals surface area contributed by atoms with Crippen molar-refractivity contribution in [3.05, 3.63) is 29.6 Å². The Morgan fingerprint density at radius 2 is 2.03 bits per heavy atom. The van der Waals surface area contributed by atoms with Gasteiger partial charge in [0.15, 0.2) is 0 Å². The maximum atomic E-state index is 12.4. The Hall–Kier alpha value is -1.91. The molecule has 0 atom stereocenters. The van der Waals surface area contributed by atoms with E-state index in [9.17, 15) is 13.2 Å². The Balaban J connectivity index is 1.57. The number of H-pyrrole nitrogens is 1. The molecule has 8 nitrogen and oxygen atoms in total. The molecule has 3 rings (SSSR count). The zero-order valence-electron chi connectivity index (χ0n) is 16.9. The van der Waals surface area contributed by atoms with Crippen LogP contribution >= 0.6 is 11.8 Å². The molecule has 2 N–H and O–H groups in total. The minimum Gasteiger partial charge on any atom is -0.325 e. The zero-order valence-corrected chi connectivity index (χ0v) is 18.6. The number of sulfonamides is 1. The number of nitrogens with one attached hydrogen (secondary N) is 2. The molecule has 1 amide bonds. The average Bonchev–Trinajstić information content (AvgIpc) is 3.34. The summed E-state index contributed by atoms with van der Waals surface area (Å²) in [6.07, 6.45) is 5.97. The Kier molecular flexibility index (Phi) is 6.97. The number of aromatic amines is 1. The van der Waals surface area contributed by atoms with E-state index in [1.165, 1.54) is 63.7 Å². The number of carbonyl (C=O) groups excluding carboxylic acids is 1. The fourth-order valence-electron chi connectivity index (χ4n) is 3.35. The standard InChI is InChI=1S/C19H27N5O3S2/c1-13-8-9-15(29(26,27)24(2)3)11-16(13)20-18(25)12-28-19-21-17(22-23-19)10-14-6-4-5-7-14/h8-9,11,14H,4-7,10,12H2,1-3H3,(H,20,25)(H,21,22,23). The number of hydrogen-bond donors (Lipinski definition) is 2. The normalized spacial score (nSPS) is 15.2. The van der Waals surface area contributed by atoms with E-state index in [0.717, 1.165) is 22.1 Å². The van der Waals surface area contributed by atoms with Gasteiger partial charge < -0.3 is 5.32 Å². The van der Waals surface area contributed by atoms with Gasteiger partial charge in [0, 0.05) is 26.2 Å². The van der Waals surface area contributed by atoms with Crippen LogP contribution in [0.25, 0.3) is 0 Å². The minimum atomic E-state index is -3.56. The lowest BCUT2D eigenvalue weighted by Gasteiger charge is -2.14. The molecule has 29 heavy (non-hydrogen) atoms. The van der Waals surface area contributed by atoms with E-state index in [1.54, 1.807) is 6.07 Å². The lowest BCUT2D eigenvalue weighted by molar-refractivity contribution is -0.113. The fraction of sp³-hybridized carbons (Fsp3) is 0.526. The van der Waals surface area contributed by atoms with Gasteiger partial charge in [-0.1, -0.05) is 43.5 Å². The molecule has 0 spiro atoms. The van der Waals surface area contributed by atoms with Crippen molar-refractivity contribution in [2.75, 3.05) is 25.2 Å². The number of aromatic nitrogens is 3. The van der Waals surface area contributed by atoms with Gasteiger partial charge >= 0.3 is 0 Å². The summed E-state index contributed by atoms with van der Waals surface area (Å²) in [6.45, 7) is 1.82. The summed E-state index contributed by atoms with van der Waals surface area (Å²) in [5.41, 5.74) is 1.27. The molecule has 2 aromatic rings. The zero-order chi connectivity index (χ0) is 21.0. The van der Waals surface area contributed by atoms with Crippen LogP contribution in [0.2, 0.25) is 0 Å². The predicted molar refractivity (Wildman–Crippen MR) is 113 cm³/mol. The van der Waals surface area contributed by atoms with Gasteiger partial charge in [-0.05, 0) is 30.5 Å². The average molecular weight is 438 g/mol. The maximum Gasteiger partial charge on any atom is 0.242 e. The highest BCUT2D eigenvalue weighted by Crippen LogP contribution is 2.27. The van der Waals surface area contributed by atoms with E-state index < -0.39 is 10.0 Å². The Morgan fingerprint density at radius 1 is 1.31 bits per heavy atom. The van der Waals surface area contributed by atoms with Crippen molar-refractivity contribution in [2.24, 2.45) is 5.92 Å². The summed E-state index contributed by atoms with van der Waals surface area (Å²) in [7, 11) is -0.614. The third-order valence-electron chi connectivity index (χ3n) is 5.06. The van der Waals surface area contributed by atoms with Crippen LogP contribution < -0.4 is 5.32 Å². The van der Waals surface area contributed by atoms with Crippen molar-refractivity contribution in [3.63, 3.8) is 0 Å². The molecule has 1 aromatic heterocycles. The van der Waals surface area contributed by atoms with Crippen LogP contribution in [0, 0.1) is 12.8 Å². The van der Waals surface area contributed by atoms with Gasteiger partial charge in [-0.15, -0.1) is 5.10 Å². The van der Waals surface area contributed by atoms with Gasteiger partial charge in [-0.3, -0.25) is 9.89 Å². The first-order valence-corrected chi connectivity index (χ1v) is 12.1. The van der Waals surface area contributed by atoms with E-state index in [0.29, 0.717) is 16.8 Å². The van der Waals surface area contributed by atoms with Crippen molar-refractivity contribution in [2.45, 2.75) is 49.1 Å². The molecule has 1 heterocycles. The third-order valence-corrected chi connectivity index (χ3v) is 7.72. The van der Waals surface area contributed by atoms with Crippen LogP contribution in [0.3, 0.4) is 0 Å². The lowest BCUT2D eigenvalue weighted by Crippen LogP contribution is -2.22. The van der Waals surface area contributed by atoms with Crippen LogP contribution in [0.15, 0.2) is 28.3 Å². The molecule has 0 bridgehead atoms. The van der Waals surface area contributed by atoms with Crippen molar-refractivity contribution in [1.29, 1.82) is 0 Å². The number of amides is 1. The first-order chi connectivity index (χ1) is 13.8. The number of aryl methyl sites for hydroxylation is 1. The summed E-state index contributed by atoms with van der Waals surface area (Å²) < 4.78 is 25.8. The third kappa shape index (κ3) is 5.58. The Labute approximate surface area is 175 Å². The summed E-state index contributed by atoms with van der Waals surface area (Å²) in [5, 5.41) is 10.5. The van der Waals surface area contributed by atoms with Crippen LogP contribution in [0.4, 0.5) is 5.69 Å². The number of rotatable bonds is 8. The van der Waals surface area contributed by atoms with E-state index in [4.69, 9.17) is 0 Å². The molecule has 0 aliphatic heterocycles. The minimum absolute atomic E-state index is 0.140. The van der Waals surface area contributed by atoms with Crippen LogP contribution in [-0.4, -0.2) is 53.7 Å². The molecule has 1 saturated carbocycles. The molecule has 1 aromatic carbocycles. The smallest absolute Gasteiger partial charge is 0.242 e. The van der Waals surface area contributed by atoms with E-state index in [1.807, 2.05) is 6.92 Å². The maximum absolute atomic E-state index is 12.4. The molecule has 0 radical (unpaired) electrons. The quantitative estimate of drug-likeness (QED) is 0.615. The highest BCUT2D eigenvalue weighted by atomic mass is 32.2. The van der Waals surface area contributed by atoms with Crippen LogP contribution in [-0.2, 0) is 21.2 Å². The second-order valence-electron chi connectivity index (χ2n) is 7.52. The molecule has 10 heteroatoms. The number of hydrogen-bond acceptors (Lipinski definition) is 6. The fourth-order valence-corrected chi connectivity index (χ4v) is 4.89. The highest BCUT2D eigenvalue weighted by Gasteiger charge is 2.20. The number of benzene rings is 1. The number of thioether (sulfide) groups is 1.